The van der Waals surface area contributed by atoms with Crippen molar-refractivity contribution in [3.8, 4) is 0 Å². The number of aromatic nitrogens is 1. The molecule has 1 aromatic heterocycles. The number of thioether (sulfide) groups is 1. The van der Waals surface area contributed by atoms with Crippen LogP contribution in [0.5, 0.6) is 0 Å². The van der Waals surface area contributed by atoms with Crippen LogP contribution in [0.3, 0.4) is 0 Å². The Morgan fingerprint density at radius 1 is 1.35 bits per heavy atom. The van der Waals surface area contributed by atoms with E-state index in [0.717, 1.165) is 17.6 Å². The highest BCUT2D eigenvalue weighted by atomic mass is 79.9. The highest BCUT2D eigenvalue weighted by Crippen LogP contribution is 2.29. The van der Waals surface area contributed by atoms with Crippen molar-refractivity contribution in [3.05, 3.63) is 28.5 Å². The van der Waals surface area contributed by atoms with Gasteiger partial charge in [0.05, 0.1) is 0 Å². The van der Waals surface area contributed by atoms with Gasteiger partial charge < -0.3 is 5.32 Å². The molecule has 0 saturated carbocycles. The SMILES string of the molecule is CCC(CC)(CNCc1cncc(Br)c1)SC. The van der Waals surface area contributed by atoms with Crippen molar-refractivity contribution in [3.63, 3.8) is 0 Å². The van der Waals surface area contributed by atoms with E-state index in [9.17, 15) is 0 Å². The lowest BCUT2D eigenvalue weighted by Crippen LogP contribution is -2.36. The number of pyridine rings is 1. The average Bonchev–Trinajstić information content (AvgIpc) is 2.35. The van der Waals surface area contributed by atoms with E-state index < -0.39 is 0 Å². The number of hydrogen-bond donors (Lipinski definition) is 1. The fourth-order valence-electron chi connectivity index (χ4n) is 1.85. The lowest BCUT2D eigenvalue weighted by Gasteiger charge is -2.30. The smallest absolute Gasteiger partial charge is 0.0410 e. The Balaban J connectivity index is 2.46. The lowest BCUT2D eigenvalue weighted by molar-refractivity contribution is 0.494. The van der Waals surface area contributed by atoms with Gasteiger partial charge in [0.25, 0.3) is 0 Å². The van der Waals surface area contributed by atoms with Crippen LogP contribution in [0.25, 0.3) is 0 Å². The van der Waals surface area contributed by atoms with E-state index in [1.807, 2.05) is 24.2 Å². The summed E-state index contributed by atoms with van der Waals surface area (Å²) in [5, 5.41) is 3.54. The highest BCUT2D eigenvalue weighted by molar-refractivity contribution is 9.10. The average molecular weight is 317 g/mol. The third-order valence-electron chi connectivity index (χ3n) is 3.26. The number of halogens is 1. The summed E-state index contributed by atoms with van der Waals surface area (Å²) in [5.41, 5.74) is 1.22. The van der Waals surface area contributed by atoms with E-state index in [1.165, 1.54) is 18.4 Å². The molecule has 0 aliphatic rings. The van der Waals surface area contributed by atoms with Crippen LogP contribution in [0, 0.1) is 0 Å². The fourth-order valence-corrected chi connectivity index (χ4v) is 3.08. The Morgan fingerprint density at radius 3 is 2.59 bits per heavy atom. The molecule has 0 saturated heterocycles. The van der Waals surface area contributed by atoms with Crippen molar-refractivity contribution >= 4 is 27.7 Å². The largest absolute Gasteiger partial charge is 0.311 e. The molecule has 0 amide bonds. The first kappa shape index (κ1) is 15.0. The molecule has 0 aliphatic carbocycles. The summed E-state index contributed by atoms with van der Waals surface area (Å²) in [6.45, 7) is 6.47. The monoisotopic (exact) mass is 316 g/mol. The van der Waals surface area contributed by atoms with Crippen molar-refractivity contribution < 1.29 is 0 Å². The maximum Gasteiger partial charge on any atom is 0.0410 e. The molecule has 0 aromatic carbocycles. The van der Waals surface area contributed by atoms with Crippen LogP contribution in [0.15, 0.2) is 22.9 Å². The van der Waals surface area contributed by atoms with Crippen LogP contribution in [-0.4, -0.2) is 22.5 Å². The summed E-state index contributed by atoms with van der Waals surface area (Å²) in [6, 6.07) is 2.11. The minimum absolute atomic E-state index is 0.374. The van der Waals surface area contributed by atoms with Gasteiger partial charge in [0.2, 0.25) is 0 Å². The molecule has 0 unspecified atom stereocenters. The van der Waals surface area contributed by atoms with Crippen LogP contribution in [0.1, 0.15) is 32.3 Å². The molecule has 0 radical (unpaired) electrons. The lowest BCUT2D eigenvalue weighted by atomic mass is 10.0. The molecule has 96 valence electrons. The van der Waals surface area contributed by atoms with Crippen LogP contribution in [-0.2, 0) is 6.54 Å². The van der Waals surface area contributed by atoms with Crippen molar-refractivity contribution in [1.29, 1.82) is 0 Å². The first-order valence-electron chi connectivity index (χ1n) is 6.01. The maximum absolute atomic E-state index is 4.17. The minimum atomic E-state index is 0.374. The van der Waals surface area contributed by atoms with Gasteiger partial charge in [-0.1, -0.05) is 13.8 Å². The Kier molecular flexibility index (Phi) is 6.52. The molecular formula is C13H21BrN2S. The second-order valence-corrected chi connectivity index (χ2v) is 6.40. The van der Waals surface area contributed by atoms with Crippen molar-refractivity contribution in [2.24, 2.45) is 0 Å². The zero-order valence-electron chi connectivity index (χ0n) is 10.8. The number of hydrogen-bond acceptors (Lipinski definition) is 3. The molecule has 1 N–H and O–H groups in total. The van der Waals surface area contributed by atoms with E-state index in [-0.39, 0.29) is 0 Å². The molecule has 1 heterocycles. The van der Waals surface area contributed by atoms with Gasteiger partial charge in [-0.3, -0.25) is 4.98 Å². The molecule has 0 spiro atoms. The van der Waals surface area contributed by atoms with Gasteiger partial charge in [-0.15, -0.1) is 0 Å². The molecule has 1 rings (SSSR count). The number of rotatable bonds is 7. The van der Waals surface area contributed by atoms with E-state index >= 15 is 0 Å². The summed E-state index contributed by atoms with van der Waals surface area (Å²) < 4.78 is 1.42. The summed E-state index contributed by atoms with van der Waals surface area (Å²) >= 11 is 5.41. The molecule has 17 heavy (non-hydrogen) atoms. The second-order valence-electron chi connectivity index (χ2n) is 4.21. The molecule has 0 aliphatic heterocycles. The number of nitrogens with one attached hydrogen (secondary N) is 1. The van der Waals surface area contributed by atoms with Crippen LogP contribution >= 0.6 is 27.7 Å². The Morgan fingerprint density at radius 2 is 2.06 bits per heavy atom. The van der Waals surface area contributed by atoms with Gasteiger partial charge in [-0.2, -0.15) is 11.8 Å². The summed E-state index contributed by atoms with van der Waals surface area (Å²) in [6.07, 6.45) is 8.34. The topological polar surface area (TPSA) is 24.9 Å². The van der Waals surface area contributed by atoms with Crippen LogP contribution < -0.4 is 5.32 Å². The molecule has 4 heteroatoms. The zero-order chi connectivity index (χ0) is 12.7. The van der Waals surface area contributed by atoms with Crippen LogP contribution in [0.4, 0.5) is 0 Å². The molecule has 0 fully saturated rings. The van der Waals surface area contributed by atoms with Crippen molar-refractivity contribution in [2.45, 2.75) is 38.0 Å². The first-order valence-corrected chi connectivity index (χ1v) is 8.03. The molecule has 0 bridgehead atoms. The van der Waals surface area contributed by atoms with Gasteiger partial charge in [-0.25, -0.2) is 0 Å². The Bertz CT molecular complexity index is 332. The van der Waals surface area contributed by atoms with Crippen molar-refractivity contribution in [1.82, 2.24) is 10.3 Å². The minimum Gasteiger partial charge on any atom is -0.311 e. The van der Waals surface area contributed by atoms with Crippen LogP contribution in [0.2, 0.25) is 0 Å². The third kappa shape index (κ3) is 4.60. The second kappa shape index (κ2) is 7.39. The quantitative estimate of drug-likeness (QED) is 0.827. The maximum atomic E-state index is 4.17. The third-order valence-corrected chi connectivity index (χ3v) is 5.28. The first-order chi connectivity index (χ1) is 8.15. The van der Waals surface area contributed by atoms with E-state index in [0.29, 0.717) is 4.75 Å². The van der Waals surface area contributed by atoms with E-state index in [4.69, 9.17) is 0 Å². The standard InChI is InChI=1S/C13H21BrN2S/c1-4-13(5-2,17-3)10-16-8-11-6-12(14)9-15-7-11/h6-7,9,16H,4-5,8,10H2,1-3H3. The Labute approximate surface area is 117 Å². The molecule has 2 nitrogen and oxygen atoms in total. The predicted octanol–water partition coefficient (Wildman–Crippen LogP) is 3.86. The van der Waals surface area contributed by atoms with E-state index in [1.54, 1.807) is 0 Å². The van der Waals surface area contributed by atoms with E-state index in [2.05, 4.69) is 52.4 Å². The van der Waals surface area contributed by atoms with Gasteiger partial charge in [-0.05, 0) is 46.7 Å². The molecule has 1 aromatic rings. The number of nitrogens with zero attached hydrogens (tertiary/aromatic N) is 1. The van der Waals surface area contributed by atoms with Gasteiger partial charge in [0.1, 0.15) is 0 Å². The van der Waals surface area contributed by atoms with Gasteiger partial charge in [0.15, 0.2) is 0 Å². The van der Waals surface area contributed by atoms with Gasteiger partial charge in [0, 0.05) is 34.7 Å². The van der Waals surface area contributed by atoms with Crippen molar-refractivity contribution in [2.75, 3.05) is 12.8 Å². The summed E-state index contributed by atoms with van der Waals surface area (Å²) in [7, 11) is 0. The van der Waals surface area contributed by atoms with Gasteiger partial charge >= 0.3 is 0 Å². The predicted molar refractivity (Wildman–Crippen MR) is 80.5 cm³/mol. The summed E-state index contributed by atoms with van der Waals surface area (Å²) in [4.78, 5) is 4.17. The highest BCUT2D eigenvalue weighted by Gasteiger charge is 2.23. The normalized spacial score (nSPS) is 11.8. The molecule has 0 atom stereocenters. The molecular weight excluding hydrogens is 296 g/mol. The fraction of sp³-hybridized carbons (Fsp3) is 0.615. The summed E-state index contributed by atoms with van der Waals surface area (Å²) in [5.74, 6) is 0. The zero-order valence-corrected chi connectivity index (χ0v) is 13.2. The Hall–Kier alpha value is -0.0600.